The first kappa shape index (κ1) is 21.2. The second kappa shape index (κ2) is 8.45. The van der Waals surface area contributed by atoms with Crippen molar-refractivity contribution in [3.8, 4) is 0 Å². The van der Waals surface area contributed by atoms with Gasteiger partial charge in [-0.05, 0) is 41.8 Å². The normalized spacial score (nSPS) is 16.8. The number of esters is 1. The van der Waals surface area contributed by atoms with Crippen molar-refractivity contribution < 1.29 is 19.1 Å². The topological polar surface area (TPSA) is 88.6 Å². The standard InChI is InChI=1S/C28H21N3O4/c32-26-21-6-2-3-7-22(21)27(33)31(26)16-17-9-11-20-19(15-17)13-14-29-25(20)35-28(34)24-12-10-18-5-1-4-8-23(18)30-24/h1-12,15,25,29H,13-14,16H2. The second-order valence-corrected chi connectivity index (χ2v) is 8.65. The highest BCUT2D eigenvalue weighted by atomic mass is 16.6. The average Bonchev–Trinajstić information content (AvgIpc) is 3.13. The lowest BCUT2D eigenvalue weighted by atomic mass is 9.97. The number of amides is 2. The molecule has 1 atom stereocenters. The summed E-state index contributed by atoms with van der Waals surface area (Å²) in [6.45, 7) is 0.824. The van der Waals surface area contributed by atoms with Crippen molar-refractivity contribution in [2.45, 2.75) is 19.2 Å². The first-order valence-corrected chi connectivity index (χ1v) is 11.5. The Hall–Kier alpha value is -4.36. The number of hydrogen-bond donors (Lipinski definition) is 1. The van der Waals surface area contributed by atoms with Crippen molar-refractivity contribution in [1.82, 2.24) is 15.2 Å². The van der Waals surface area contributed by atoms with Gasteiger partial charge in [-0.25, -0.2) is 9.78 Å². The zero-order chi connectivity index (χ0) is 23.9. The van der Waals surface area contributed by atoms with Gasteiger partial charge in [0.2, 0.25) is 0 Å². The molecule has 4 aromatic rings. The fourth-order valence-corrected chi connectivity index (χ4v) is 4.70. The van der Waals surface area contributed by atoms with Gasteiger partial charge in [0.05, 0.1) is 23.2 Å². The van der Waals surface area contributed by atoms with Gasteiger partial charge in [0.25, 0.3) is 11.8 Å². The zero-order valence-corrected chi connectivity index (χ0v) is 18.7. The number of hydrogen-bond acceptors (Lipinski definition) is 6. The van der Waals surface area contributed by atoms with E-state index in [2.05, 4.69) is 10.3 Å². The first-order valence-electron chi connectivity index (χ1n) is 11.5. The third-order valence-electron chi connectivity index (χ3n) is 6.47. The molecule has 1 unspecified atom stereocenters. The van der Waals surface area contributed by atoms with Gasteiger partial charge >= 0.3 is 5.97 Å². The number of aromatic nitrogens is 1. The Bertz CT molecular complexity index is 1480. The quantitative estimate of drug-likeness (QED) is 0.363. The van der Waals surface area contributed by atoms with Crippen molar-refractivity contribution >= 4 is 28.7 Å². The third kappa shape index (κ3) is 3.76. The smallest absolute Gasteiger partial charge is 0.358 e. The van der Waals surface area contributed by atoms with Gasteiger partial charge in [-0.3, -0.25) is 19.8 Å². The van der Waals surface area contributed by atoms with Crippen LogP contribution >= 0.6 is 0 Å². The Morgan fingerprint density at radius 2 is 1.69 bits per heavy atom. The molecule has 0 bridgehead atoms. The lowest BCUT2D eigenvalue weighted by Crippen LogP contribution is -2.34. The summed E-state index contributed by atoms with van der Waals surface area (Å²) >= 11 is 0. The van der Waals surface area contributed by atoms with Crippen LogP contribution in [-0.4, -0.2) is 34.2 Å². The minimum atomic E-state index is -0.604. The summed E-state index contributed by atoms with van der Waals surface area (Å²) in [5.74, 6) is -1.06. The molecule has 0 saturated heterocycles. The largest absolute Gasteiger partial charge is 0.437 e. The van der Waals surface area contributed by atoms with E-state index in [9.17, 15) is 14.4 Å². The number of fused-ring (bicyclic) bond motifs is 3. The molecule has 0 saturated carbocycles. The van der Waals surface area contributed by atoms with Crippen molar-refractivity contribution in [1.29, 1.82) is 0 Å². The summed E-state index contributed by atoms with van der Waals surface area (Å²) in [5, 5.41) is 4.20. The van der Waals surface area contributed by atoms with Crippen molar-refractivity contribution in [2.75, 3.05) is 6.54 Å². The van der Waals surface area contributed by atoms with Crippen LogP contribution in [-0.2, 0) is 17.7 Å². The Morgan fingerprint density at radius 1 is 0.943 bits per heavy atom. The van der Waals surface area contributed by atoms with Crippen LogP contribution in [0.4, 0.5) is 0 Å². The first-order chi connectivity index (χ1) is 17.1. The molecule has 172 valence electrons. The number of benzene rings is 3. The van der Waals surface area contributed by atoms with Gasteiger partial charge in [-0.2, -0.15) is 0 Å². The van der Waals surface area contributed by atoms with E-state index < -0.39 is 12.2 Å². The van der Waals surface area contributed by atoms with E-state index in [1.54, 1.807) is 30.3 Å². The highest BCUT2D eigenvalue weighted by molar-refractivity contribution is 6.21. The van der Waals surface area contributed by atoms with Gasteiger partial charge in [-0.15, -0.1) is 0 Å². The summed E-state index contributed by atoms with van der Waals surface area (Å²) in [4.78, 5) is 44.0. The fraction of sp³-hybridized carbons (Fsp3) is 0.143. The highest BCUT2D eigenvalue weighted by Gasteiger charge is 2.35. The molecule has 1 N–H and O–H groups in total. The van der Waals surface area contributed by atoms with Crippen LogP contribution in [0.3, 0.4) is 0 Å². The van der Waals surface area contributed by atoms with Crippen molar-refractivity contribution in [2.24, 2.45) is 0 Å². The second-order valence-electron chi connectivity index (χ2n) is 8.65. The predicted molar refractivity (Wildman–Crippen MR) is 129 cm³/mol. The fourth-order valence-electron chi connectivity index (χ4n) is 4.70. The van der Waals surface area contributed by atoms with Gasteiger partial charge < -0.3 is 4.74 Å². The molecule has 3 aromatic carbocycles. The van der Waals surface area contributed by atoms with Gasteiger partial charge in [0.15, 0.2) is 6.23 Å². The zero-order valence-electron chi connectivity index (χ0n) is 18.7. The minimum Gasteiger partial charge on any atom is -0.437 e. The lowest BCUT2D eigenvalue weighted by Gasteiger charge is -2.27. The van der Waals surface area contributed by atoms with Crippen LogP contribution in [0.1, 0.15) is 54.1 Å². The molecule has 3 heterocycles. The van der Waals surface area contributed by atoms with Crippen LogP contribution in [0.2, 0.25) is 0 Å². The molecule has 1 aromatic heterocycles. The highest BCUT2D eigenvalue weighted by Crippen LogP contribution is 2.29. The van der Waals surface area contributed by atoms with Crippen LogP contribution in [0.25, 0.3) is 10.9 Å². The van der Waals surface area contributed by atoms with Crippen molar-refractivity contribution in [3.63, 3.8) is 0 Å². The molecule has 2 aliphatic heterocycles. The van der Waals surface area contributed by atoms with E-state index in [1.807, 2.05) is 48.5 Å². The Labute approximate surface area is 201 Å². The van der Waals surface area contributed by atoms with Crippen molar-refractivity contribution in [3.05, 3.63) is 112 Å². The lowest BCUT2D eigenvalue weighted by molar-refractivity contribution is 0.0185. The molecule has 0 radical (unpaired) electrons. The molecule has 0 fully saturated rings. The average molecular weight is 463 g/mol. The number of nitrogens with zero attached hydrogens (tertiary/aromatic N) is 2. The van der Waals surface area contributed by atoms with E-state index in [4.69, 9.17) is 4.74 Å². The van der Waals surface area contributed by atoms with E-state index >= 15 is 0 Å². The monoisotopic (exact) mass is 463 g/mol. The van der Waals surface area contributed by atoms with Crippen LogP contribution in [0, 0.1) is 0 Å². The molecule has 0 aliphatic carbocycles. The summed E-state index contributed by atoms with van der Waals surface area (Å²) in [6, 6.07) is 23.7. The maximum atomic E-state index is 12.8. The Balaban J connectivity index is 1.20. The summed E-state index contributed by atoms with van der Waals surface area (Å²) in [5.41, 5.74) is 4.58. The van der Waals surface area contributed by atoms with Crippen LogP contribution < -0.4 is 5.32 Å². The van der Waals surface area contributed by atoms with E-state index in [-0.39, 0.29) is 24.1 Å². The van der Waals surface area contributed by atoms with E-state index in [1.165, 1.54) is 4.90 Å². The van der Waals surface area contributed by atoms with Crippen LogP contribution in [0.5, 0.6) is 0 Å². The maximum absolute atomic E-state index is 12.8. The number of carbonyl (C=O) groups excluding carboxylic acids is 3. The third-order valence-corrected chi connectivity index (χ3v) is 6.47. The summed E-state index contributed by atoms with van der Waals surface area (Å²) in [7, 11) is 0. The molecule has 6 rings (SSSR count). The molecule has 2 aliphatic rings. The van der Waals surface area contributed by atoms with E-state index in [0.29, 0.717) is 17.7 Å². The maximum Gasteiger partial charge on any atom is 0.358 e. The molecule has 2 amide bonds. The number of rotatable bonds is 4. The molecule has 7 heteroatoms. The Morgan fingerprint density at radius 3 is 2.49 bits per heavy atom. The number of nitrogens with one attached hydrogen (secondary N) is 1. The van der Waals surface area contributed by atoms with Gasteiger partial charge in [0, 0.05) is 17.5 Å². The molecule has 7 nitrogen and oxygen atoms in total. The molecule has 0 spiro atoms. The van der Waals surface area contributed by atoms with Gasteiger partial charge in [-0.1, -0.05) is 54.6 Å². The molecular weight excluding hydrogens is 442 g/mol. The van der Waals surface area contributed by atoms with Crippen LogP contribution in [0.15, 0.2) is 78.9 Å². The molecular formula is C28H21N3O4. The molecule has 35 heavy (non-hydrogen) atoms. The van der Waals surface area contributed by atoms with E-state index in [0.717, 1.165) is 34.0 Å². The SMILES string of the molecule is O=C(OC1NCCc2cc(CN3C(=O)c4ccccc4C3=O)ccc21)c1ccc2ccccc2n1. The Kier molecular flexibility index (Phi) is 5.12. The minimum absolute atomic E-state index is 0.193. The predicted octanol–water partition coefficient (Wildman–Crippen LogP) is 4.03. The van der Waals surface area contributed by atoms with Gasteiger partial charge in [0.1, 0.15) is 5.69 Å². The number of ether oxygens (including phenoxy) is 1. The number of imide groups is 1. The number of carbonyl (C=O) groups is 3. The number of para-hydroxylation sites is 1. The summed E-state index contributed by atoms with van der Waals surface area (Å²) in [6.07, 6.45) is 0.140. The number of pyridine rings is 1. The summed E-state index contributed by atoms with van der Waals surface area (Å²) < 4.78 is 5.77.